The van der Waals surface area contributed by atoms with Crippen molar-refractivity contribution in [2.45, 2.75) is 31.1 Å². The van der Waals surface area contributed by atoms with Gasteiger partial charge in [0, 0.05) is 19.1 Å². The molecule has 0 spiro atoms. The lowest BCUT2D eigenvalue weighted by Gasteiger charge is -2.14. The van der Waals surface area contributed by atoms with Gasteiger partial charge in [-0.1, -0.05) is 5.16 Å². The van der Waals surface area contributed by atoms with Crippen LogP contribution < -0.4 is 5.32 Å². The fourth-order valence-corrected chi connectivity index (χ4v) is 2.36. The summed E-state index contributed by atoms with van der Waals surface area (Å²) >= 11 is 0. The molecule has 0 saturated carbocycles. The number of nitrogens with zero attached hydrogens (tertiary/aromatic N) is 2. The second kappa shape index (κ2) is 3.82. The molecule has 2 saturated heterocycles. The van der Waals surface area contributed by atoms with Gasteiger partial charge >= 0.3 is 0 Å². The van der Waals surface area contributed by atoms with E-state index < -0.39 is 0 Å². The summed E-state index contributed by atoms with van der Waals surface area (Å²) < 4.78 is 10.8. The average molecular weight is 223 g/mol. The Labute approximate surface area is 94.6 Å². The second-order valence-corrected chi connectivity index (χ2v) is 5.01. The van der Waals surface area contributed by atoms with Crippen LogP contribution in [-0.2, 0) is 10.2 Å². The molecule has 0 aliphatic carbocycles. The minimum Gasteiger partial charge on any atom is -0.380 e. The monoisotopic (exact) mass is 223 g/mol. The topological polar surface area (TPSA) is 60.2 Å². The van der Waals surface area contributed by atoms with Crippen LogP contribution in [0.5, 0.6) is 0 Å². The van der Waals surface area contributed by atoms with Crippen LogP contribution in [-0.4, -0.2) is 36.4 Å². The van der Waals surface area contributed by atoms with Crippen LogP contribution >= 0.6 is 0 Å². The van der Waals surface area contributed by atoms with Crippen molar-refractivity contribution in [2.24, 2.45) is 0 Å². The Morgan fingerprint density at radius 2 is 2.44 bits per heavy atom. The molecule has 88 valence electrons. The van der Waals surface area contributed by atoms with E-state index in [9.17, 15) is 0 Å². The van der Waals surface area contributed by atoms with Crippen molar-refractivity contribution >= 4 is 0 Å². The van der Waals surface area contributed by atoms with Crippen LogP contribution in [0.15, 0.2) is 4.52 Å². The van der Waals surface area contributed by atoms with E-state index in [4.69, 9.17) is 9.26 Å². The number of hydrogen-bond acceptors (Lipinski definition) is 5. The first-order chi connectivity index (χ1) is 7.78. The van der Waals surface area contributed by atoms with Crippen LogP contribution in [0.3, 0.4) is 0 Å². The van der Waals surface area contributed by atoms with Crippen molar-refractivity contribution in [3.63, 3.8) is 0 Å². The maximum absolute atomic E-state index is 5.41. The Morgan fingerprint density at radius 1 is 1.50 bits per heavy atom. The summed E-state index contributed by atoms with van der Waals surface area (Å²) in [4.78, 5) is 4.55. The van der Waals surface area contributed by atoms with Gasteiger partial charge in [0.2, 0.25) is 5.89 Å². The Kier molecular flexibility index (Phi) is 2.44. The molecule has 0 radical (unpaired) electrons. The summed E-state index contributed by atoms with van der Waals surface area (Å²) in [5.41, 5.74) is -0.0721. The van der Waals surface area contributed by atoms with Gasteiger partial charge in [0.15, 0.2) is 5.82 Å². The second-order valence-electron chi connectivity index (χ2n) is 5.01. The quantitative estimate of drug-likeness (QED) is 0.804. The fourth-order valence-electron chi connectivity index (χ4n) is 2.36. The smallest absolute Gasteiger partial charge is 0.235 e. The zero-order chi connectivity index (χ0) is 11.0. The Morgan fingerprint density at radius 3 is 3.12 bits per heavy atom. The highest BCUT2D eigenvalue weighted by Gasteiger charge is 2.38. The minimum atomic E-state index is -0.0721. The van der Waals surface area contributed by atoms with E-state index in [0.29, 0.717) is 12.5 Å². The third kappa shape index (κ3) is 1.64. The molecule has 1 aromatic heterocycles. The number of rotatable bonds is 2. The summed E-state index contributed by atoms with van der Waals surface area (Å²) in [5, 5.41) is 7.42. The van der Waals surface area contributed by atoms with Gasteiger partial charge in [-0.05, 0) is 26.3 Å². The molecule has 16 heavy (non-hydrogen) atoms. The summed E-state index contributed by atoms with van der Waals surface area (Å²) in [7, 11) is 0. The number of hydrogen-bond donors (Lipinski definition) is 1. The van der Waals surface area contributed by atoms with Gasteiger partial charge in [0.1, 0.15) is 0 Å². The van der Waals surface area contributed by atoms with Crippen molar-refractivity contribution in [2.75, 3.05) is 26.3 Å². The van der Waals surface area contributed by atoms with Gasteiger partial charge in [-0.3, -0.25) is 0 Å². The fraction of sp³-hybridized carbons (Fsp3) is 0.818. The normalized spacial score (nSPS) is 34.7. The predicted molar refractivity (Wildman–Crippen MR) is 57.3 cm³/mol. The van der Waals surface area contributed by atoms with Gasteiger partial charge in [-0.2, -0.15) is 4.98 Å². The maximum Gasteiger partial charge on any atom is 0.235 e. The highest BCUT2D eigenvalue weighted by Crippen LogP contribution is 2.32. The first-order valence-corrected chi connectivity index (χ1v) is 5.90. The lowest BCUT2D eigenvalue weighted by molar-refractivity contribution is 0.169. The number of nitrogens with one attached hydrogen (secondary N) is 1. The van der Waals surface area contributed by atoms with Crippen LogP contribution in [0.25, 0.3) is 0 Å². The van der Waals surface area contributed by atoms with Crippen molar-refractivity contribution in [1.29, 1.82) is 0 Å². The van der Waals surface area contributed by atoms with E-state index in [2.05, 4.69) is 22.4 Å². The van der Waals surface area contributed by atoms with E-state index in [1.165, 1.54) is 0 Å². The van der Waals surface area contributed by atoms with Gasteiger partial charge in [0.05, 0.1) is 12.0 Å². The lowest BCUT2D eigenvalue weighted by Crippen LogP contribution is -2.22. The molecule has 0 amide bonds. The van der Waals surface area contributed by atoms with Crippen molar-refractivity contribution in [3.05, 3.63) is 11.7 Å². The highest BCUT2D eigenvalue weighted by molar-refractivity contribution is 5.08. The van der Waals surface area contributed by atoms with E-state index in [1.807, 2.05) is 0 Å². The molecule has 1 N–H and O–H groups in total. The molecule has 2 aliphatic heterocycles. The molecule has 5 nitrogen and oxygen atoms in total. The van der Waals surface area contributed by atoms with Crippen molar-refractivity contribution in [1.82, 2.24) is 15.5 Å². The molecule has 3 rings (SSSR count). The van der Waals surface area contributed by atoms with Crippen molar-refractivity contribution < 1.29 is 9.26 Å². The SMILES string of the molecule is CC1(c2nc(C3CCNC3)no2)CCOC1. The zero-order valence-electron chi connectivity index (χ0n) is 9.53. The van der Waals surface area contributed by atoms with Crippen LogP contribution in [0.2, 0.25) is 0 Å². The summed E-state index contributed by atoms with van der Waals surface area (Å²) in [6.45, 7) is 5.63. The molecule has 3 heterocycles. The van der Waals surface area contributed by atoms with Gasteiger partial charge < -0.3 is 14.6 Å². The van der Waals surface area contributed by atoms with E-state index in [-0.39, 0.29) is 5.41 Å². The number of aromatic nitrogens is 2. The van der Waals surface area contributed by atoms with Crippen molar-refractivity contribution in [3.8, 4) is 0 Å². The van der Waals surface area contributed by atoms with Gasteiger partial charge in [0.25, 0.3) is 0 Å². The third-order valence-corrected chi connectivity index (χ3v) is 3.60. The van der Waals surface area contributed by atoms with E-state index >= 15 is 0 Å². The lowest BCUT2D eigenvalue weighted by atomic mass is 9.90. The average Bonchev–Trinajstić information content (AvgIpc) is 2.98. The standard InChI is InChI=1S/C11H17N3O2/c1-11(3-5-15-7-11)10-13-9(14-16-10)8-2-4-12-6-8/h8,12H,2-7H2,1H3. The zero-order valence-corrected chi connectivity index (χ0v) is 9.53. The summed E-state index contributed by atoms with van der Waals surface area (Å²) in [6.07, 6.45) is 2.07. The van der Waals surface area contributed by atoms with Crippen LogP contribution in [0, 0.1) is 0 Å². The van der Waals surface area contributed by atoms with Crippen LogP contribution in [0.1, 0.15) is 37.4 Å². The molecular weight excluding hydrogens is 206 g/mol. The Hall–Kier alpha value is -0.940. The molecular formula is C11H17N3O2. The third-order valence-electron chi connectivity index (χ3n) is 3.60. The van der Waals surface area contributed by atoms with E-state index in [1.54, 1.807) is 0 Å². The summed E-state index contributed by atoms with van der Waals surface area (Å²) in [6, 6.07) is 0. The highest BCUT2D eigenvalue weighted by atomic mass is 16.5. The minimum absolute atomic E-state index is 0.0721. The molecule has 2 unspecified atom stereocenters. The number of ether oxygens (including phenoxy) is 1. The molecule has 2 fully saturated rings. The van der Waals surface area contributed by atoms with E-state index in [0.717, 1.165) is 44.3 Å². The molecule has 2 aliphatic rings. The predicted octanol–water partition coefficient (Wildman–Crippen LogP) is 0.825. The van der Waals surface area contributed by atoms with Crippen LogP contribution in [0.4, 0.5) is 0 Å². The first-order valence-electron chi connectivity index (χ1n) is 5.90. The molecule has 0 bridgehead atoms. The molecule has 5 heteroatoms. The maximum atomic E-state index is 5.41. The summed E-state index contributed by atoms with van der Waals surface area (Å²) in [5.74, 6) is 2.02. The Balaban J connectivity index is 1.81. The molecule has 1 aromatic rings. The molecule has 0 aromatic carbocycles. The Bertz CT molecular complexity index is 365. The van der Waals surface area contributed by atoms with Gasteiger partial charge in [-0.25, -0.2) is 0 Å². The largest absolute Gasteiger partial charge is 0.380 e. The van der Waals surface area contributed by atoms with Gasteiger partial charge in [-0.15, -0.1) is 0 Å². The molecule has 2 atom stereocenters. The first kappa shape index (κ1) is 10.2.